The molecule has 0 atom stereocenters. The van der Waals surface area contributed by atoms with E-state index in [1.54, 1.807) is 0 Å². The van der Waals surface area contributed by atoms with Gasteiger partial charge in [0.05, 0.1) is 6.54 Å². The summed E-state index contributed by atoms with van der Waals surface area (Å²) in [6.45, 7) is 5.07. The Kier molecular flexibility index (Phi) is 8.43. The minimum atomic E-state index is 0.0195. The third-order valence-electron chi connectivity index (χ3n) is 6.11. The highest BCUT2D eigenvalue weighted by Gasteiger charge is 2.19. The molecule has 176 valence electrons. The summed E-state index contributed by atoms with van der Waals surface area (Å²) in [7, 11) is 0. The molecule has 1 heterocycles. The Labute approximate surface area is 201 Å². The lowest BCUT2D eigenvalue weighted by molar-refractivity contribution is -0.122. The number of nitrogens with zero attached hydrogens (tertiary/aromatic N) is 2. The molecule has 4 rings (SSSR count). The second-order valence-electron chi connectivity index (χ2n) is 8.59. The van der Waals surface area contributed by atoms with E-state index in [1.807, 2.05) is 84.9 Å². The number of carbonyl (C=O) groups excluding carboxylic acids is 2. The molecule has 1 fully saturated rings. The number of amides is 2. The second-order valence-corrected chi connectivity index (χ2v) is 8.59. The van der Waals surface area contributed by atoms with Crippen molar-refractivity contribution in [1.82, 2.24) is 15.1 Å². The lowest BCUT2D eigenvalue weighted by Crippen LogP contribution is -2.49. The summed E-state index contributed by atoms with van der Waals surface area (Å²) in [5, 5.41) is 6.07. The van der Waals surface area contributed by atoms with Gasteiger partial charge >= 0.3 is 0 Å². The van der Waals surface area contributed by atoms with Crippen molar-refractivity contribution >= 4 is 17.5 Å². The molecule has 0 aromatic heterocycles. The lowest BCUT2D eigenvalue weighted by atomic mass is 10.0. The van der Waals surface area contributed by atoms with E-state index in [2.05, 4.69) is 20.4 Å². The van der Waals surface area contributed by atoms with Crippen molar-refractivity contribution in [3.63, 3.8) is 0 Å². The number of nitrogens with one attached hydrogen (secondary N) is 2. The fraction of sp³-hybridized carbons (Fsp3) is 0.286. The van der Waals surface area contributed by atoms with Gasteiger partial charge in [0.2, 0.25) is 11.8 Å². The highest BCUT2D eigenvalue weighted by molar-refractivity contribution is 5.95. The van der Waals surface area contributed by atoms with Gasteiger partial charge in [-0.3, -0.25) is 14.5 Å². The van der Waals surface area contributed by atoms with Gasteiger partial charge in [0.15, 0.2) is 0 Å². The Morgan fingerprint density at radius 3 is 2.06 bits per heavy atom. The summed E-state index contributed by atoms with van der Waals surface area (Å²) in [5.74, 6) is 0.0693. The number of anilines is 1. The molecule has 3 aromatic carbocycles. The molecule has 34 heavy (non-hydrogen) atoms. The van der Waals surface area contributed by atoms with Gasteiger partial charge in [0.25, 0.3) is 0 Å². The van der Waals surface area contributed by atoms with Crippen molar-refractivity contribution in [3.05, 3.63) is 90.5 Å². The summed E-state index contributed by atoms with van der Waals surface area (Å²) in [4.78, 5) is 29.4. The second kappa shape index (κ2) is 12.1. The van der Waals surface area contributed by atoms with Crippen molar-refractivity contribution in [2.45, 2.75) is 13.0 Å². The Hall–Kier alpha value is -3.48. The predicted octanol–water partition coefficient (Wildman–Crippen LogP) is 3.62. The molecule has 6 heteroatoms. The first-order valence-corrected chi connectivity index (χ1v) is 11.9. The Morgan fingerprint density at radius 2 is 1.32 bits per heavy atom. The van der Waals surface area contributed by atoms with Crippen LogP contribution in [0.2, 0.25) is 0 Å². The smallest absolute Gasteiger partial charge is 0.234 e. The monoisotopic (exact) mass is 456 g/mol. The van der Waals surface area contributed by atoms with E-state index in [-0.39, 0.29) is 11.8 Å². The molecule has 0 aliphatic carbocycles. The fourth-order valence-corrected chi connectivity index (χ4v) is 4.16. The van der Waals surface area contributed by atoms with Crippen molar-refractivity contribution in [2.24, 2.45) is 0 Å². The van der Waals surface area contributed by atoms with Crippen LogP contribution < -0.4 is 10.6 Å². The minimum absolute atomic E-state index is 0.0195. The normalized spacial score (nSPS) is 14.5. The largest absolute Gasteiger partial charge is 0.351 e. The molecule has 1 saturated heterocycles. The molecule has 3 aromatic rings. The zero-order valence-corrected chi connectivity index (χ0v) is 19.5. The molecule has 2 N–H and O–H groups in total. The maximum Gasteiger partial charge on any atom is 0.234 e. The van der Waals surface area contributed by atoms with Gasteiger partial charge in [-0.05, 0) is 17.2 Å². The van der Waals surface area contributed by atoms with Crippen LogP contribution in [0.25, 0.3) is 11.1 Å². The molecule has 6 nitrogen and oxygen atoms in total. The van der Waals surface area contributed by atoms with Crippen LogP contribution in [-0.2, 0) is 16.1 Å². The molecule has 1 aliphatic heterocycles. The van der Waals surface area contributed by atoms with Crippen LogP contribution in [0.15, 0.2) is 84.9 Å². The molecule has 2 amide bonds. The first-order chi connectivity index (χ1) is 16.7. The fourth-order valence-electron chi connectivity index (χ4n) is 4.16. The average molecular weight is 457 g/mol. The molecule has 0 radical (unpaired) electrons. The van der Waals surface area contributed by atoms with Crippen LogP contribution in [0, 0.1) is 0 Å². The summed E-state index contributed by atoms with van der Waals surface area (Å²) in [5.41, 5.74) is 4.05. The first-order valence-electron chi connectivity index (χ1n) is 11.9. The average Bonchev–Trinajstić information content (AvgIpc) is 2.88. The third-order valence-corrected chi connectivity index (χ3v) is 6.11. The van der Waals surface area contributed by atoms with Crippen LogP contribution in [0.5, 0.6) is 0 Å². The number of para-hydroxylation sites is 1. The quantitative estimate of drug-likeness (QED) is 0.516. The van der Waals surface area contributed by atoms with Gasteiger partial charge in [-0.25, -0.2) is 0 Å². The van der Waals surface area contributed by atoms with E-state index in [0.29, 0.717) is 26.1 Å². The minimum Gasteiger partial charge on any atom is -0.351 e. The number of piperazine rings is 1. The van der Waals surface area contributed by atoms with E-state index in [1.165, 1.54) is 0 Å². The Bertz CT molecular complexity index is 1060. The number of hydrogen-bond donors (Lipinski definition) is 2. The van der Waals surface area contributed by atoms with Crippen molar-refractivity contribution < 1.29 is 9.59 Å². The van der Waals surface area contributed by atoms with Crippen LogP contribution in [-0.4, -0.2) is 60.9 Å². The molecule has 0 bridgehead atoms. The molecular formula is C28H32N4O2. The highest BCUT2D eigenvalue weighted by Crippen LogP contribution is 2.27. The van der Waals surface area contributed by atoms with E-state index in [4.69, 9.17) is 0 Å². The molecule has 1 aliphatic rings. The third kappa shape index (κ3) is 7.01. The summed E-state index contributed by atoms with van der Waals surface area (Å²) < 4.78 is 0. The molecular weight excluding hydrogens is 424 g/mol. The first kappa shape index (κ1) is 23.7. The van der Waals surface area contributed by atoms with E-state index >= 15 is 0 Å². The SMILES string of the molecule is O=C(CN1CCN(CCC(=O)Nc2ccccc2-c2ccccc2)CC1)NCc1ccccc1. The summed E-state index contributed by atoms with van der Waals surface area (Å²) in [6, 6.07) is 27.9. The number of hydrogen-bond acceptors (Lipinski definition) is 4. The maximum absolute atomic E-state index is 12.6. The van der Waals surface area contributed by atoms with E-state index in [9.17, 15) is 9.59 Å². The van der Waals surface area contributed by atoms with Gasteiger partial charge in [0.1, 0.15) is 0 Å². The maximum atomic E-state index is 12.6. The van der Waals surface area contributed by atoms with Gasteiger partial charge in [-0.1, -0.05) is 78.9 Å². The van der Waals surface area contributed by atoms with Gasteiger partial charge < -0.3 is 15.5 Å². The van der Waals surface area contributed by atoms with Crippen molar-refractivity contribution in [1.29, 1.82) is 0 Å². The predicted molar refractivity (Wildman–Crippen MR) is 136 cm³/mol. The van der Waals surface area contributed by atoms with Gasteiger partial charge in [-0.15, -0.1) is 0 Å². The Balaban J connectivity index is 1.17. The molecule has 0 saturated carbocycles. The number of rotatable bonds is 9. The summed E-state index contributed by atoms with van der Waals surface area (Å²) >= 11 is 0. The van der Waals surface area contributed by atoms with Crippen LogP contribution in [0.3, 0.4) is 0 Å². The van der Waals surface area contributed by atoms with Gasteiger partial charge in [-0.2, -0.15) is 0 Å². The highest BCUT2D eigenvalue weighted by atomic mass is 16.2. The molecule has 0 spiro atoms. The van der Waals surface area contributed by atoms with E-state index in [0.717, 1.165) is 48.6 Å². The molecule has 0 unspecified atom stereocenters. The lowest BCUT2D eigenvalue weighted by Gasteiger charge is -2.34. The summed E-state index contributed by atoms with van der Waals surface area (Å²) in [6.07, 6.45) is 0.445. The van der Waals surface area contributed by atoms with E-state index < -0.39 is 0 Å². The van der Waals surface area contributed by atoms with Crippen molar-refractivity contribution in [3.8, 4) is 11.1 Å². The number of carbonyl (C=O) groups is 2. The van der Waals surface area contributed by atoms with Crippen molar-refractivity contribution in [2.75, 3.05) is 44.6 Å². The Morgan fingerprint density at radius 1 is 0.706 bits per heavy atom. The topological polar surface area (TPSA) is 64.7 Å². The standard InChI is InChI=1S/C28H32N4O2/c33-27(30-26-14-8-7-13-25(26)24-11-5-2-6-12-24)15-16-31-17-19-32(20-18-31)22-28(34)29-21-23-9-3-1-4-10-23/h1-14H,15-22H2,(H,29,34)(H,30,33). The number of benzene rings is 3. The van der Waals surface area contributed by atoms with Crippen LogP contribution in [0.1, 0.15) is 12.0 Å². The van der Waals surface area contributed by atoms with Crippen LogP contribution >= 0.6 is 0 Å². The zero-order valence-electron chi connectivity index (χ0n) is 19.5. The zero-order chi connectivity index (χ0) is 23.6. The van der Waals surface area contributed by atoms with Crippen LogP contribution in [0.4, 0.5) is 5.69 Å². The van der Waals surface area contributed by atoms with Gasteiger partial charge in [0, 0.05) is 56.9 Å².